The number of carbonyl (C=O) groups excluding carboxylic acids is 1. The Hall–Kier alpha value is -3.40. The van der Waals surface area contributed by atoms with Crippen LogP contribution in [-0.4, -0.2) is 76.9 Å². The van der Waals surface area contributed by atoms with Crippen molar-refractivity contribution < 1.29 is 13.6 Å². The minimum Gasteiger partial charge on any atom is -0.342 e. The standard InChI is InChI=1S/C21H25N3O2.C15H22F2N2/c25-16-23-12-13-24(21(15-23)10-4-5-11-21)14-18-8-9-19(22-20(18)26)17-6-2-1-3-7-17;1-10(2)18-12-6-7-19(3)15(9-12)13-8-11(16)4-5-14(13)17/h1-3,6-9,16H,4-5,10-15H2,(H,22,26);4-5,8,10,12,15,18H,6-7,9H2,1-3H3. The van der Waals surface area contributed by atoms with Crippen molar-refractivity contribution in [1.82, 2.24) is 25.0 Å². The van der Waals surface area contributed by atoms with E-state index in [1.165, 1.54) is 31.0 Å². The molecule has 9 heteroatoms. The lowest BCUT2D eigenvalue weighted by Crippen LogP contribution is -2.60. The van der Waals surface area contributed by atoms with Crippen LogP contribution in [0.25, 0.3) is 11.3 Å². The fourth-order valence-corrected chi connectivity index (χ4v) is 7.35. The van der Waals surface area contributed by atoms with Gasteiger partial charge in [-0.1, -0.05) is 63.1 Å². The van der Waals surface area contributed by atoms with Gasteiger partial charge in [-0.2, -0.15) is 0 Å². The molecule has 2 N–H and O–H groups in total. The third kappa shape index (κ3) is 8.07. The molecule has 2 saturated heterocycles. The number of hydrogen-bond acceptors (Lipinski definition) is 5. The van der Waals surface area contributed by atoms with Gasteiger partial charge < -0.3 is 15.2 Å². The number of carbonyl (C=O) groups is 1. The van der Waals surface area contributed by atoms with E-state index in [0.29, 0.717) is 24.2 Å². The Bertz CT molecular complexity index is 1470. The van der Waals surface area contributed by atoms with Gasteiger partial charge >= 0.3 is 0 Å². The fraction of sp³-hybridized carbons (Fsp3) is 0.500. The van der Waals surface area contributed by atoms with Crippen LogP contribution in [0.5, 0.6) is 0 Å². The van der Waals surface area contributed by atoms with Crippen molar-refractivity contribution in [3.8, 4) is 11.3 Å². The maximum Gasteiger partial charge on any atom is 0.252 e. The number of aromatic amines is 1. The number of H-pyrrole nitrogens is 1. The highest BCUT2D eigenvalue weighted by molar-refractivity contribution is 5.58. The van der Waals surface area contributed by atoms with Crippen LogP contribution in [0.15, 0.2) is 65.5 Å². The van der Waals surface area contributed by atoms with Crippen molar-refractivity contribution in [1.29, 1.82) is 0 Å². The van der Waals surface area contributed by atoms with Gasteiger partial charge in [0.1, 0.15) is 11.6 Å². The Morgan fingerprint density at radius 1 is 1.02 bits per heavy atom. The highest BCUT2D eigenvalue weighted by Gasteiger charge is 2.43. The molecule has 45 heavy (non-hydrogen) atoms. The zero-order chi connectivity index (χ0) is 32.0. The smallest absolute Gasteiger partial charge is 0.252 e. The summed E-state index contributed by atoms with van der Waals surface area (Å²) in [6.45, 7) is 8.12. The molecular weight excluding hydrogens is 572 g/mol. The van der Waals surface area contributed by atoms with E-state index < -0.39 is 0 Å². The van der Waals surface area contributed by atoms with Gasteiger partial charge in [-0.3, -0.25) is 19.4 Å². The molecule has 6 rings (SSSR count). The van der Waals surface area contributed by atoms with E-state index in [1.807, 2.05) is 54.4 Å². The van der Waals surface area contributed by atoms with Gasteiger partial charge in [0.15, 0.2) is 0 Å². The molecule has 3 heterocycles. The molecule has 1 aromatic heterocycles. The number of likely N-dealkylation sites (tertiary alicyclic amines) is 1. The van der Waals surface area contributed by atoms with Crippen LogP contribution in [-0.2, 0) is 11.3 Å². The van der Waals surface area contributed by atoms with Gasteiger partial charge in [0, 0.05) is 66.7 Å². The summed E-state index contributed by atoms with van der Waals surface area (Å²) in [5, 5.41) is 3.49. The van der Waals surface area contributed by atoms with Crippen LogP contribution >= 0.6 is 0 Å². The second-order valence-corrected chi connectivity index (χ2v) is 13.2. The lowest BCUT2D eigenvalue weighted by molar-refractivity contribution is -0.124. The van der Waals surface area contributed by atoms with Crippen LogP contribution in [0.4, 0.5) is 8.78 Å². The van der Waals surface area contributed by atoms with Crippen LogP contribution < -0.4 is 10.9 Å². The molecule has 2 unspecified atom stereocenters. The maximum atomic E-state index is 13.9. The lowest BCUT2D eigenvalue weighted by Gasteiger charge is -2.48. The number of benzene rings is 2. The van der Waals surface area contributed by atoms with Gasteiger partial charge in [-0.25, -0.2) is 8.78 Å². The summed E-state index contributed by atoms with van der Waals surface area (Å²) in [7, 11) is 1.97. The monoisotopic (exact) mass is 619 g/mol. The quantitative estimate of drug-likeness (QED) is 0.331. The largest absolute Gasteiger partial charge is 0.342 e. The average molecular weight is 620 g/mol. The first-order valence-electron chi connectivity index (χ1n) is 16.3. The summed E-state index contributed by atoms with van der Waals surface area (Å²) < 4.78 is 27.2. The Labute approximate surface area is 265 Å². The lowest BCUT2D eigenvalue weighted by atomic mass is 9.91. The van der Waals surface area contributed by atoms with E-state index in [9.17, 15) is 18.4 Å². The summed E-state index contributed by atoms with van der Waals surface area (Å²) >= 11 is 0. The van der Waals surface area contributed by atoms with Crippen LogP contribution in [0.2, 0.25) is 0 Å². The minimum absolute atomic E-state index is 0.0164. The van der Waals surface area contributed by atoms with Gasteiger partial charge in [-0.15, -0.1) is 0 Å². The highest BCUT2D eigenvalue weighted by Crippen LogP contribution is 2.38. The fourth-order valence-electron chi connectivity index (χ4n) is 7.35. The number of nitrogens with zero attached hydrogens (tertiary/aromatic N) is 3. The molecule has 3 aliphatic rings. The van der Waals surface area contributed by atoms with Gasteiger partial charge in [-0.05, 0) is 69.1 Å². The van der Waals surface area contributed by atoms with Crippen molar-refractivity contribution in [3.05, 3.63) is 93.8 Å². The third-order valence-corrected chi connectivity index (χ3v) is 9.70. The Balaban J connectivity index is 0.000000187. The predicted molar refractivity (Wildman–Crippen MR) is 175 cm³/mol. The zero-order valence-electron chi connectivity index (χ0n) is 26.8. The summed E-state index contributed by atoms with van der Waals surface area (Å²) in [4.78, 5) is 33.4. The SMILES string of the molecule is CC(C)NC1CCN(C)C(c2cc(F)ccc2F)C1.O=CN1CCN(Cc2ccc(-c3ccccc3)[nH]c2=O)C2(CCCC2)C1. The van der Waals surface area contributed by atoms with Crippen LogP contribution in [0.1, 0.15) is 69.5 Å². The molecule has 1 amide bonds. The van der Waals surface area contributed by atoms with Crippen LogP contribution in [0, 0.1) is 11.6 Å². The molecule has 2 aliphatic heterocycles. The number of pyridine rings is 1. The molecule has 0 bridgehead atoms. The van der Waals surface area contributed by atoms with Gasteiger partial charge in [0.25, 0.3) is 5.56 Å². The first kappa shape index (κ1) is 33.0. The Morgan fingerprint density at radius 2 is 1.78 bits per heavy atom. The second kappa shape index (κ2) is 14.8. The number of amides is 1. The third-order valence-electron chi connectivity index (χ3n) is 9.70. The molecule has 0 radical (unpaired) electrons. The molecule has 1 saturated carbocycles. The molecule has 3 aromatic rings. The van der Waals surface area contributed by atoms with E-state index in [1.54, 1.807) is 0 Å². The molecule has 3 fully saturated rings. The van der Waals surface area contributed by atoms with E-state index in [4.69, 9.17) is 0 Å². The first-order chi connectivity index (χ1) is 21.7. The number of nitrogens with one attached hydrogen (secondary N) is 2. The molecule has 1 aliphatic carbocycles. The highest BCUT2D eigenvalue weighted by atomic mass is 19.1. The summed E-state index contributed by atoms with van der Waals surface area (Å²) in [5.41, 5.74) is 3.17. The normalized spacial score (nSPS) is 22.0. The van der Waals surface area contributed by atoms with E-state index in [-0.39, 0.29) is 28.8 Å². The Morgan fingerprint density at radius 3 is 2.47 bits per heavy atom. The molecule has 1 spiro atoms. The average Bonchev–Trinajstić information content (AvgIpc) is 3.50. The van der Waals surface area contributed by atoms with Crippen molar-refractivity contribution in [2.45, 2.75) is 82.6 Å². The van der Waals surface area contributed by atoms with E-state index in [0.717, 1.165) is 75.1 Å². The molecule has 242 valence electrons. The van der Waals surface area contributed by atoms with Crippen molar-refractivity contribution in [3.63, 3.8) is 0 Å². The van der Waals surface area contributed by atoms with Crippen molar-refractivity contribution in [2.24, 2.45) is 0 Å². The minimum atomic E-state index is -0.372. The number of hydrogen-bond donors (Lipinski definition) is 2. The predicted octanol–water partition coefficient (Wildman–Crippen LogP) is 5.73. The summed E-state index contributed by atoms with van der Waals surface area (Å²) in [5.74, 6) is -0.688. The molecule has 2 atom stereocenters. The zero-order valence-corrected chi connectivity index (χ0v) is 26.8. The summed E-state index contributed by atoms with van der Waals surface area (Å²) in [6, 6.07) is 18.3. The second-order valence-electron chi connectivity index (χ2n) is 13.2. The van der Waals surface area contributed by atoms with Crippen molar-refractivity contribution >= 4 is 6.41 Å². The van der Waals surface area contributed by atoms with E-state index in [2.05, 4.69) is 33.9 Å². The van der Waals surface area contributed by atoms with E-state index >= 15 is 0 Å². The van der Waals surface area contributed by atoms with Gasteiger partial charge in [0.2, 0.25) is 6.41 Å². The van der Waals surface area contributed by atoms with Crippen molar-refractivity contribution in [2.75, 3.05) is 33.2 Å². The molecular formula is C36H47F2N5O2. The Kier molecular flexibility index (Phi) is 10.8. The van der Waals surface area contributed by atoms with Gasteiger partial charge in [0.05, 0.1) is 0 Å². The topological polar surface area (TPSA) is 71.7 Å². The summed E-state index contributed by atoms with van der Waals surface area (Å²) in [6.07, 6.45) is 7.45. The number of piperazine rings is 1. The molecule has 7 nitrogen and oxygen atoms in total. The number of halogens is 2. The first-order valence-corrected chi connectivity index (χ1v) is 16.3. The maximum absolute atomic E-state index is 13.9. The van der Waals surface area contributed by atoms with Crippen LogP contribution in [0.3, 0.4) is 0 Å². The molecule has 2 aromatic carbocycles. The number of rotatable bonds is 7. The number of aromatic nitrogens is 1. The number of piperidine rings is 1.